The van der Waals surface area contributed by atoms with E-state index in [2.05, 4.69) is 27.6 Å². The molecule has 0 saturated heterocycles. The van der Waals surface area contributed by atoms with Crippen molar-refractivity contribution in [3.05, 3.63) is 66.0 Å². The lowest BCUT2D eigenvalue weighted by Crippen LogP contribution is -2.60. The number of rotatable bonds is 8. The van der Waals surface area contributed by atoms with E-state index in [1.165, 1.54) is 42.7 Å². The van der Waals surface area contributed by atoms with E-state index in [1.807, 2.05) is 22.8 Å². The molecule has 4 aliphatic rings. The van der Waals surface area contributed by atoms with Crippen LogP contribution in [0.5, 0.6) is 0 Å². The molecule has 4 bridgehead atoms. The Balaban J connectivity index is 1.18. The molecule has 4 fully saturated rings. The molecule has 0 aliphatic heterocycles. The van der Waals surface area contributed by atoms with E-state index < -0.39 is 0 Å². The molecule has 7 rings (SSSR count). The van der Waals surface area contributed by atoms with Crippen LogP contribution in [-0.2, 0) is 17.8 Å². The average Bonchev–Trinajstić information content (AvgIpc) is 3.23. The van der Waals surface area contributed by atoms with E-state index in [0.717, 1.165) is 43.4 Å². The van der Waals surface area contributed by atoms with Crippen molar-refractivity contribution < 1.29 is 9.18 Å². The molecule has 1 N–H and O–H groups in total. The second-order valence-electron chi connectivity index (χ2n) is 10.7. The minimum atomic E-state index is -0.322. The van der Waals surface area contributed by atoms with Gasteiger partial charge < -0.3 is 9.88 Å². The van der Waals surface area contributed by atoms with E-state index in [-0.39, 0.29) is 17.3 Å². The molecule has 0 radical (unpaired) electrons. The maximum Gasteiger partial charge on any atom is 0.230 e. The number of aromatic nitrogens is 3. The van der Waals surface area contributed by atoms with Crippen LogP contribution in [0.4, 0.5) is 4.39 Å². The molecule has 3 aromatic rings. The minimum absolute atomic E-state index is 0.00566. The van der Waals surface area contributed by atoms with E-state index in [1.54, 1.807) is 18.2 Å². The lowest BCUT2D eigenvalue weighted by Gasteiger charge is -2.56. The highest BCUT2D eigenvalue weighted by atomic mass is 32.2. The van der Waals surface area contributed by atoms with Gasteiger partial charge in [0.2, 0.25) is 5.91 Å². The molecule has 182 valence electrons. The minimum Gasteiger partial charge on any atom is -0.350 e. The van der Waals surface area contributed by atoms with Gasteiger partial charge in [-0.15, -0.1) is 10.2 Å². The first-order valence-corrected chi connectivity index (χ1v) is 13.7. The molecule has 1 heterocycles. The molecular formula is C28H31FN4OS. The zero-order valence-electron chi connectivity index (χ0n) is 19.8. The van der Waals surface area contributed by atoms with Gasteiger partial charge in [0.05, 0.1) is 11.3 Å². The third-order valence-electron chi connectivity index (χ3n) is 8.07. The number of hydrogen-bond acceptors (Lipinski definition) is 4. The molecule has 4 aliphatic carbocycles. The lowest BCUT2D eigenvalue weighted by molar-refractivity contribution is -0.124. The largest absolute Gasteiger partial charge is 0.350 e. The predicted octanol–water partition coefficient (Wildman–Crippen LogP) is 5.50. The van der Waals surface area contributed by atoms with Gasteiger partial charge in [-0.2, -0.15) is 0 Å². The molecule has 35 heavy (non-hydrogen) atoms. The van der Waals surface area contributed by atoms with Gasteiger partial charge >= 0.3 is 0 Å². The van der Waals surface area contributed by atoms with Crippen LogP contribution in [0.3, 0.4) is 0 Å². The summed E-state index contributed by atoms with van der Waals surface area (Å²) in [6.07, 6.45) is 8.25. The van der Waals surface area contributed by atoms with Crippen molar-refractivity contribution in [3.63, 3.8) is 0 Å². The molecular weight excluding hydrogens is 459 g/mol. The van der Waals surface area contributed by atoms with E-state index >= 15 is 0 Å². The van der Waals surface area contributed by atoms with E-state index in [9.17, 15) is 9.18 Å². The van der Waals surface area contributed by atoms with E-state index in [4.69, 9.17) is 0 Å². The second-order valence-corrected chi connectivity index (χ2v) is 11.7. The van der Waals surface area contributed by atoms with Crippen molar-refractivity contribution in [3.8, 4) is 11.4 Å². The summed E-state index contributed by atoms with van der Waals surface area (Å²) >= 11 is 1.40. The Hall–Kier alpha value is -2.67. The van der Waals surface area contributed by atoms with Crippen LogP contribution in [0, 0.1) is 23.6 Å². The van der Waals surface area contributed by atoms with Gasteiger partial charge in [-0.05, 0) is 80.4 Å². The van der Waals surface area contributed by atoms with Gasteiger partial charge in [0.1, 0.15) is 5.82 Å². The fraction of sp³-hybridized carbons (Fsp3) is 0.464. The zero-order chi connectivity index (χ0) is 23.8. The normalized spacial score (nSPS) is 26.7. The first-order chi connectivity index (χ1) is 17.1. The molecule has 7 heteroatoms. The summed E-state index contributed by atoms with van der Waals surface area (Å²) in [6, 6.07) is 16.8. The highest BCUT2D eigenvalue weighted by molar-refractivity contribution is 7.99. The zero-order valence-corrected chi connectivity index (χ0v) is 20.6. The number of halogens is 1. The number of nitrogens with zero attached hydrogens (tertiary/aromatic N) is 3. The second kappa shape index (κ2) is 9.41. The maximum absolute atomic E-state index is 14.6. The Morgan fingerprint density at radius 1 is 0.971 bits per heavy atom. The van der Waals surface area contributed by atoms with Crippen LogP contribution in [0.25, 0.3) is 11.4 Å². The molecule has 2 aromatic carbocycles. The average molecular weight is 491 g/mol. The number of aryl methyl sites for hydroxylation is 1. The first-order valence-electron chi connectivity index (χ1n) is 12.7. The number of thioether (sulfide) groups is 1. The molecule has 0 atom stereocenters. The van der Waals surface area contributed by atoms with Gasteiger partial charge in [-0.1, -0.05) is 54.2 Å². The first kappa shape index (κ1) is 22.8. The highest BCUT2D eigenvalue weighted by Gasteiger charge is 2.51. The lowest BCUT2D eigenvalue weighted by atomic mass is 9.53. The Morgan fingerprint density at radius 3 is 2.31 bits per heavy atom. The summed E-state index contributed by atoms with van der Waals surface area (Å²) in [6.45, 7) is 0.611. The highest BCUT2D eigenvalue weighted by Crippen LogP contribution is 2.55. The molecule has 4 saturated carbocycles. The molecule has 5 nitrogen and oxygen atoms in total. The van der Waals surface area contributed by atoms with Gasteiger partial charge in [0, 0.05) is 12.1 Å². The number of amides is 1. The van der Waals surface area contributed by atoms with Crippen molar-refractivity contribution in [2.24, 2.45) is 17.8 Å². The van der Waals surface area contributed by atoms with Crippen LogP contribution < -0.4 is 5.32 Å². The standard InChI is InChI=1S/C28H31FN4OS/c29-24-9-5-4-8-23(24)26-31-32-27(33(26)11-10-19-6-2-1-3-7-19)35-18-25(34)30-28-15-20-12-21(16-28)14-22(13-20)17-28/h1-9,20-22H,10-18H2,(H,30,34). The number of nitrogens with one attached hydrogen (secondary N) is 1. The topological polar surface area (TPSA) is 59.8 Å². The third-order valence-corrected chi connectivity index (χ3v) is 9.04. The summed E-state index contributed by atoms with van der Waals surface area (Å²) in [5.74, 6) is 2.92. The van der Waals surface area contributed by atoms with Gasteiger partial charge in [-0.3, -0.25) is 4.79 Å². The van der Waals surface area contributed by atoms with E-state index in [0.29, 0.717) is 28.8 Å². The van der Waals surface area contributed by atoms with Crippen LogP contribution in [0.1, 0.15) is 44.1 Å². The Labute approximate surface area is 209 Å². The van der Waals surface area contributed by atoms with Gasteiger partial charge in [0.15, 0.2) is 11.0 Å². The summed E-state index contributed by atoms with van der Waals surface area (Å²) in [7, 11) is 0. The molecule has 0 spiro atoms. The van der Waals surface area contributed by atoms with Crippen LogP contribution in [0.15, 0.2) is 59.8 Å². The number of carbonyl (C=O) groups is 1. The van der Waals surface area contributed by atoms with Crippen molar-refractivity contribution in [1.82, 2.24) is 20.1 Å². The van der Waals surface area contributed by atoms with Crippen LogP contribution in [-0.4, -0.2) is 32.0 Å². The van der Waals surface area contributed by atoms with Crippen LogP contribution in [0.2, 0.25) is 0 Å². The Morgan fingerprint density at radius 2 is 1.63 bits per heavy atom. The quantitative estimate of drug-likeness (QED) is 0.424. The summed E-state index contributed by atoms with van der Waals surface area (Å²) in [5.41, 5.74) is 1.63. The molecule has 1 aromatic heterocycles. The number of hydrogen-bond donors (Lipinski definition) is 1. The summed E-state index contributed by atoms with van der Waals surface area (Å²) < 4.78 is 16.6. The van der Waals surface area contributed by atoms with Crippen molar-refractivity contribution in [2.45, 2.75) is 62.2 Å². The van der Waals surface area contributed by atoms with Crippen molar-refractivity contribution in [2.75, 3.05) is 5.75 Å². The summed E-state index contributed by atoms with van der Waals surface area (Å²) in [5, 5.41) is 12.8. The van der Waals surface area contributed by atoms with Crippen molar-refractivity contribution in [1.29, 1.82) is 0 Å². The fourth-order valence-corrected chi connectivity index (χ4v) is 7.81. The van der Waals surface area contributed by atoms with Gasteiger partial charge in [0.25, 0.3) is 0 Å². The maximum atomic E-state index is 14.6. The van der Waals surface area contributed by atoms with Crippen molar-refractivity contribution >= 4 is 17.7 Å². The van der Waals surface area contributed by atoms with Gasteiger partial charge in [-0.25, -0.2) is 4.39 Å². The predicted molar refractivity (Wildman–Crippen MR) is 135 cm³/mol. The number of benzene rings is 2. The SMILES string of the molecule is O=C(CSc1nnc(-c2ccccc2F)n1CCc1ccccc1)NC12CC3CC(CC(C3)C1)C2. The fourth-order valence-electron chi connectivity index (χ4n) is 7.05. The Bertz CT molecular complexity index is 1180. The number of carbonyl (C=O) groups excluding carboxylic acids is 1. The van der Waals surface area contributed by atoms with Crippen LogP contribution >= 0.6 is 11.8 Å². The molecule has 0 unspecified atom stereocenters. The summed E-state index contributed by atoms with van der Waals surface area (Å²) in [4.78, 5) is 13.1. The Kier molecular flexibility index (Phi) is 6.13. The molecule has 1 amide bonds. The monoisotopic (exact) mass is 490 g/mol. The third kappa shape index (κ3) is 4.75. The smallest absolute Gasteiger partial charge is 0.230 e.